The fourth-order valence-electron chi connectivity index (χ4n) is 4.12. The Labute approximate surface area is 214 Å². The lowest BCUT2D eigenvalue weighted by molar-refractivity contribution is 0.621. The molecule has 4 rings (SSSR count). The molecule has 0 bridgehead atoms. The molecule has 36 heavy (non-hydrogen) atoms. The van der Waals surface area contributed by atoms with Crippen molar-refractivity contribution in [2.75, 3.05) is 0 Å². The van der Waals surface area contributed by atoms with Gasteiger partial charge in [0.2, 0.25) is 0 Å². The van der Waals surface area contributed by atoms with Gasteiger partial charge in [-0.05, 0) is 90.7 Å². The summed E-state index contributed by atoms with van der Waals surface area (Å²) in [6, 6.07) is 26.0. The number of rotatable bonds is 7. The van der Waals surface area contributed by atoms with E-state index in [1.807, 2.05) is 60.7 Å². The van der Waals surface area contributed by atoms with Crippen LogP contribution in [0.5, 0.6) is 0 Å². The topological polar surface area (TPSA) is 0 Å². The Morgan fingerprint density at radius 1 is 0.694 bits per heavy atom. The third kappa shape index (κ3) is 6.75. The van der Waals surface area contributed by atoms with Gasteiger partial charge in [0, 0.05) is 27.6 Å². The van der Waals surface area contributed by atoms with E-state index >= 15 is 0 Å². The number of unbranched alkanes of at least 4 members (excludes halogenated alkanes) is 2. The standard InChI is InChI=1S/C35H31F/c1-3-5-7-8-27-10-12-28(13-11-27)14-15-29-16-18-30(19-17-29)20-21-31-22-25-34-33(26-31)24-23-32(35(34)36)9-6-4-2/h4,10-13,16-19,22-26H,2-3,5-9H2,1H3. The first kappa shape index (κ1) is 25.0. The van der Waals surface area contributed by atoms with E-state index in [0.717, 1.165) is 46.0 Å². The summed E-state index contributed by atoms with van der Waals surface area (Å²) < 4.78 is 14.8. The number of hydrogen-bond acceptors (Lipinski definition) is 0. The molecule has 0 nitrogen and oxygen atoms in total. The summed E-state index contributed by atoms with van der Waals surface area (Å²) in [5.74, 6) is 12.7. The van der Waals surface area contributed by atoms with Gasteiger partial charge in [-0.2, -0.15) is 0 Å². The Bertz CT molecular complexity index is 1450. The first-order valence-electron chi connectivity index (χ1n) is 12.7. The minimum Gasteiger partial charge on any atom is -0.206 e. The monoisotopic (exact) mass is 470 g/mol. The highest BCUT2D eigenvalue weighted by Crippen LogP contribution is 2.23. The average Bonchev–Trinajstić information content (AvgIpc) is 2.92. The molecule has 0 aliphatic heterocycles. The van der Waals surface area contributed by atoms with E-state index in [-0.39, 0.29) is 5.82 Å². The summed E-state index contributed by atoms with van der Waals surface area (Å²) in [5, 5.41) is 1.50. The van der Waals surface area contributed by atoms with Crippen molar-refractivity contribution in [1.29, 1.82) is 0 Å². The Hall–Kier alpha value is -4.07. The molecule has 0 amide bonds. The first-order valence-corrected chi connectivity index (χ1v) is 12.7. The van der Waals surface area contributed by atoms with E-state index in [9.17, 15) is 4.39 Å². The van der Waals surface area contributed by atoms with Gasteiger partial charge in [-0.15, -0.1) is 6.58 Å². The maximum atomic E-state index is 14.8. The number of benzene rings is 4. The molecule has 0 aliphatic rings. The first-order chi connectivity index (χ1) is 17.7. The molecular weight excluding hydrogens is 439 g/mol. The lowest BCUT2D eigenvalue weighted by Gasteiger charge is -2.06. The van der Waals surface area contributed by atoms with E-state index in [4.69, 9.17) is 0 Å². The quantitative estimate of drug-likeness (QED) is 0.144. The molecule has 1 heteroatoms. The number of allylic oxidation sites excluding steroid dienone is 1. The normalized spacial score (nSPS) is 10.3. The van der Waals surface area contributed by atoms with Crippen LogP contribution in [0, 0.1) is 29.5 Å². The highest BCUT2D eigenvalue weighted by atomic mass is 19.1. The van der Waals surface area contributed by atoms with Crippen LogP contribution in [0.4, 0.5) is 4.39 Å². The minimum absolute atomic E-state index is 0.145. The van der Waals surface area contributed by atoms with Gasteiger partial charge in [-0.1, -0.05) is 79.9 Å². The fraction of sp³-hybridized carbons (Fsp3) is 0.200. The Balaban J connectivity index is 1.41. The Kier molecular flexibility index (Phi) is 8.75. The summed E-state index contributed by atoms with van der Waals surface area (Å²) in [5.41, 5.74) is 5.87. The molecule has 0 aromatic heterocycles. The van der Waals surface area contributed by atoms with Crippen LogP contribution in [0.15, 0.2) is 91.5 Å². The largest absolute Gasteiger partial charge is 0.206 e. The predicted octanol–water partition coefficient (Wildman–Crippen LogP) is 8.63. The van der Waals surface area contributed by atoms with E-state index in [1.54, 1.807) is 0 Å². The van der Waals surface area contributed by atoms with E-state index in [1.165, 1.54) is 24.8 Å². The second-order valence-corrected chi connectivity index (χ2v) is 9.03. The Morgan fingerprint density at radius 2 is 1.28 bits per heavy atom. The zero-order valence-corrected chi connectivity index (χ0v) is 20.9. The van der Waals surface area contributed by atoms with Gasteiger partial charge in [0.1, 0.15) is 5.82 Å². The smallest absolute Gasteiger partial charge is 0.134 e. The van der Waals surface area contributed by atoms with Gasteiger partial charge >= 0.3 is 0 Å². The molecule has 0 spiro atoms. The molecule has 0 saturated carbocycles. The number of hydrogen-bond donors (Lipinski definition) is 0. The van der Waals surface area contributed by atoms with Crippen LogP contribution in [-0.4, -0.2) is 0 Å². The molecule has 0 aliphatic carbocycles. The summed E-state index contributed by atoms with van der Waals surface area (Å²) in [7, 11) is 0. The van der Waals surface area contributed by atoms with Gasteiger partial charge in [-0.25, -0.2) is 4.39 Å². The minimum atomic E-state index is -0.145. The molecular formula is C35H31F. The van der Waals surface area contributed by atoms with E-state index < -0.39 is 0 Å². The average molecular weight is 471 g/mol. The van der Waals surface area contributed by atoms with Crippen molar-refractivity contribution in [3.8, 4) is 23.7 Å². The van der Waals surface area contributed by atoms with Crippen LogP contribution in [0.3, 0.4) is 0 Å². The van der Waals surface area contributed by atoms with Crippen molar-refractivity contribution in [1.82, 2.24) is 0 Å². The van der Waals surface area contributed by atoms with Gasteiger partial charge in [0.25, 0.3) is 0 Å². The molecule has 178 valence electrons. The number of aryl methyl sites for hydroxylation is 2. The van der Waals surface area contributed by atoms with Crippen LogP contribution in [0.2, 0.25) is 0 Å². The van der Waals surface area contributed by atoms with Crippen molar-refractivity contribution in [3.05, 3.63) is 131 Å². The molecule has 0 unspecified atom stereocenters. The maximum Gasteiger partial charge on any atom is 0.134 e. The van der Waals surface area contributed by atoms with Crippen LogP contribution < -0.4 is 0 Å². The van der Waals surface area contributed by atoms with Crippen molar-refractivity contribution >= 4 is 10.8 Å². The molecule has 4 aromatic carbocycles. The van der Waals surface area contributed by atoms with Crippen molar-refractivity contribution in [2.45, 2.75) is 45.4 Å². The van der Waals surface area contributed by atoms with Crippen LogP contribution in [0.25, 0.3) is 10.8 Å². The van der Waals surface area contributed by atoms with Crippen LogP contribution >= 0.6 is 0 Å². The van der Waals surface area contributed by atoms with Gasteiger partial charge in [-0.3, -0.25) is 0 Å². The lowest BCUT2D eigenvalue weighted by atomic mass is 10.0. The molecule has 4 aromatic rings. The molecule has 0 N–H and O–H groups in total. The van der Waals surface area contributed by atoms with Crippen molar-refractivity contribution in [2.24, 2.45) is 0 Å². The SMILES string of the molecule is C=CCCc1ccc2cc(C#Cc3ccc(C#Cc4ccc(CCCCC)cc4)cc3)ccc2c1F. The summed E-state index contributed by atoms with van der Waals surface area (Å²) in [6.07, 6.45) is 8.15. The molecule has 0 atom stereocenters. The third-order valence-electron chi connectivity index (χ3n) is 6.26. The highest BCUT2D eigenvalue weighted by Gasteiger charge is 2.07. The summed E-state index contributed by atoms with van der Waals surface area (Å²) in [6.45, 7) is 5.95. The third-order valence-corrected chi connectivity index (χ3v) is 6.26. The summed E-state index contributed by atoms with van der Waals surface area (Å²) >= 11 is 0. The van der Waals surface area contributed by atoms with Gasteiger partial charge in [0.05, 0.1) is 0 Å². The molecule has 0 heterocycles. The molecule has 0 saturated heterocycles. The predicted molar refractivity (Wildman–Crippen MR) is 150 cm³/mol. The highest BCUT2D eigenvalue weighted by molar-refractivity contribution is 5.85. The second kappa shape index (κ2) is 12.6. The molecule has 0 radical (unpaired) electrons. The zero-order valence-electron chi connectivity index (χ0n) is 20.9. The lowest BCUT2D eigenvalue weighted by Crippen LogP contribution is -1.92. The Morgan fingerprint density at radius 3 is 1.89 bits per heavy atom. The summed E-state index contributed by atoms with van der Waals surface area (Å²) in [4.78, 5) is 0. The number of fused-ring (bicyclic) bond motifs is 1. The second-order valence-electron chi connectivity index (χ2n) is 9.03. The van der Waals surface area contributed by atoms with Gasteiger partial charge < -0.3 is 0 Å². The maximum absolute atomic E-state index is 14.8. The van der Waals surface area contributed by atoms with E-state index in [2.05, 4.69) is 61.4 Å². The van der Waals surface area contributed by atoms with Crippen molar-refractivity contribution in [3.63, 3.8) is 0 Å². The van der Waals surface area contributed by atoms with E-state index in [0.29, 0.717) is 11.8 Å². The molecule has 0 fully saturated rings. The van der Waals surface area contributed by atoms with Crippen molar-refractivity contribution < 1.29 is 4.39 Å². The fourth-order valence-corrected chi connectivity index (χ4v) is 4.12. The van der Waals surface area contributed by atoms with Crippen LogP contribution in [0.1, 0.15) is 66.0 Å². The zero-order chi connectivity index (χ0) is 25.2. The van der Waals surface area contributed by atoms with Gasteiger partial charge in [0.15, 0.2) is 0 Å². The number of halogens is 1. The van der Waals surface area contributed by atoms with Crippen LogP contribution in [-0.2, 0) is 12.8 Å².